The Hall–Kier alpha value is -1.65. The molecule has 0 aliphatic carbocycles. The maximum absolute atomic E-state index is 12.7. The molecule has 0 aromatic heterocycles. The fourth-order valence-corrected chi connectivity index (χ4v) is 1.50. The lowest BCUT2D eigenvalue weighted by atomic mass is 9.95. The van der Waals surface area contributed by atoms with Gasteiger partial charge in [-0.05, 0) is 6.07 Å². The number of hydrogen-bond acceptors (Lipinski definition) is 2. The molecule has 0 spiro atoms. The van der Waals surface area contributed by atoms with Crippen molar-refractivity contribution in [2.24, 2.45) is 0 Å². The van der Waals surface area contributed by atoms with E-state index in [9.17, 15) is 13.6 Å². The van der Waals surface area contributed by atoms with E-state index in [1.807, 2.05) is 0 Å². The van der Waals surface area contributed by atoms with Crippen molar-refractivity contribution in [3.05, 3.63) is 29.8 Å². The Labute approximate surface area is 91.7 Å². The van der Waals surface area contributed by atoms with Gasteiger partial charge in [0.2, 0.25) is 6.43 Å². The highest BCUT2D eigenvalue weighted by Crippen LogP contribution is 2.33. The van der Waals surface area contributed by atoms with Crippen molar-refractivity contribution >= 4 is 5.97 Å². The Kier molecular flexibility index (Phi) is 4.22. The summed E-state index contributed by atoms with van der Waals surface area (Å²) < 4.78 is 30.4. The average Bonchev–Trinajstić information content (AvgIpc) is 2.25. The number of carboxylic acid groups (broad SMARTS) is 1. The molecule has 0 aliphatic heterocycles. The van der Waals surface area contributed by atoms with E-state index < -0.39 is 24.7 Å². The second-order valence-corrected chi connectivity index (χ2v) is 3.28. The van der Waals surface area contributed by atoms with Crippen molar-refractivity contribution in [1.29, 1.82) is 0 Å². The van der Waals surface area contributed by atoms with Crippen LogP contribution >= 0.6 is 0 Å². The Bertz CT molecular complexity index is 366. The van der Waals surface area contributed by atoms with Crippen molar-refractivity contribution in [3.63, 3.8) is 0 Å². The summed E-state index contributed by atoms with van der Waals surface area (Å²) in [6, 6.07) is 6.21. The van der Waals surface area contributed by atoms with Gasteiger partial charge in [0.05, 0.1) is 19.4 Å². The minimum atomic E-state index is -2.73. The summed E-state index contributed by atoms with van der Waals surface area (Å²) in [5.41, 5.74) is 0.224. The molecule has 0 saturated carbocycles. The van der Waals surface area contributed by atoms with Gasteiger partial charge in [0.15, 0.2) is 0 Å². The van der Waals surface area contributed by atoms with Gasteiger partial charge in [-0.1, -0.05) is 18.2 Å². The molecule has 0 amide bonds. The normalized spacial score (nSPS) is 12.5. The number of carbonyl (C=O) groups is 1. The first-order chi connectivity index (χ1) is 7.56. The monoisotopic (exact) mass is 230 g/mol. The molecule has 16 heavy (non-hydrogen) atoms. The fourth-order valence-electron chi connectivity index (χ4n) is 1.50. The largest absolute Gasteiger partial charge is 0.496 e. The molecule has 1 rings (SSSR count). The molecule has 3 nitrogen and oxygen atoms in total. The van der Waals surface area contributed by atoms with Gasteiger partial charge in [-0.25, -0.2) is 8.78 Å². The second kappa shape index (κ2) is 5.44. The number of methoxy groups -OCH3 is 1. The van der Waals surface area contributed by atoms with Gasteiger partial charge in [-0.2, -0.15) is 0 Å². The first-order valence-corrected chi connectivity index (χ1v) is 4.69. The maximum atomic E-state index is 12.7. The quantitative estimate of drug-likeness (QED) is 0.845. The second-order valence-electron chi connectivity index (χ2n) is 3.28. The predicted molar refractivity (Wildman–Crippen MR) is 54.0 cm³/mol. The van der Waals surface area contributed by atoms with Crippen molar-refractivity contribution in [2.75, 3.05) is 7.11 Å². The summed E-state index contributed by atoms with van der Waals surface area (Å²) in [5, 5.41) is 8.58. The maximum Gasteiger partial charge on any atom is 0.304 e. The standard InChI is InChI=1S/C11H12F2O3/c1-16-9-5-3-2-4-7(9)8(11(12)13)6-10(14)15/h2-5,8,11H,6H2,1H3,(H,14,15). The molecule has 0 bridgehead atoms. The van der Waals surface area contributed by atoms with Crippen molar-refractivity contribution in [2.45, 2.75) is 18.8 Å². The van der Waals surface area contributed by atoms with Crippen LogP contribution in [0.2, 0.25) is 0 Å². The third-order valence-electron chi connectivity index (χ3n) is 2.24. The number of benzene rings is 1. The third kappa shape index (κ3) is 2.92. The van der Waals surface area contributed by atoms with Crippen LogP contribution in [0.3, 0.4) is 0 Å². The topological polar surface area (TPSA) is 46.5 Å². The van der Waals surface area contributed by atoms with E-state index >= 15 is 0 Å². The smallest absolute Gasteiger partial charge is 0.304 e. The van der Waals surface area contributed by atoms with Crippen LogP contribution in [0, 0.1) is 0 Å². The van der Waals surface area contributed by atoms with Crippen LogP contribution in [-0.4, -0.2) is 24.6 Å². The average molecular weight is 230 g/mol. The van der Waals surface area contributed by atoms with E-state index in [4.69, 9.17) is 9.84 Å². The van der Waals surface area contributed by atoms with Gasteiger partial charge in [0, 0.05) is 5.56 Å². The van der Waals surface area contributed by atoms with Gasteiger partial charge in [-0.3, -0.25) is 4.79 Å². The molecular weight excluding hydrogens is 218 g/mol. The molecule has 0 heterocycles. The Balaban J connectivity index is 3.05. The summed E-state index contributed by atoms with van der Waals surface area (Å²) in [5.74, 6) is -2.31. The van der Waals surface area contributed by atoms with E-state index in [1.54, 1.807) is 12.1 Å². The van der Waals surface area contributed by atoms with Gasteiger partial charge in [0.25, 0.3) is 0 Å². The number of rotatable bonds is 5. The summed E-state index contributed by atoms with van der Waals surface area (Å²) in [6.45, 7) is 0. The first-order valence-electron chi connectivity index (χ1n) is 4.69. The third-order valence-corrected chi connectivity index (χ3v) is 2.24. The number of alkyl halides is 2. The summed E-state index contributed by atoms with van der Waals surface area (Å²) >= 11 is 0. The Morgan fingerprint density at radius 2 is 2.06 bits per heavy atom. The van der Waals surface area contributed by atoms with E-state index in [2.05, 4.69) is 0 Å². The van der Waals surface area contributed by atoms with E-state index in [-0.39, 0.29) is 11.3 Å². The first kappa shape index (κ1) is 12.4. The fraction of sp³-hybridized carbons (Fsp3) is 0.364. The molecule has 1 aromatic rings. The molecule has 1 N–H and O–H groups in total. The molecule has 1 unspecified atom stereocenters. The molecular formula is C11H12F2O3. The highest BCUT2D eigenvalue weighted by atomic mass is 19.3. The molecule has 1 atom stereocenters. The highest BCUT2D eigenvalue weighted by molar-refractivity contribution is 5.68. The number of carboxylic acids is 1. The Morgan fingerprint density at radius 1 is 1.44 bits per heavy atom. The van der Waals surface area contributed by atoms with E-state index in [0.717, 1.165) is 0 Å². The van der Waals surface area contributed by atoms with Gasteiger partial charge in [0.1, 0.15) is 5.75 Å². The van der Waals surface area contributed by atoms with Crippen molar-refractivity contribution in [3.8, 4) is 5.75 Å². The summed E-state index contributed by atoms with van der Waals surface area (Å²) in [7, 11) is 1.36. The molecule has 88 valence electrons. The lowest BCUT2D eigenvalue weighted by molar-refractivity contribution is -0.138. The predicted octanol–water partition coefficient (Wildman–Crippen LogP) is 2.52. The van der Waals surface area contributed by atoms with Crippen molar-refractivity contribution < 1.29 is 23.4 Å². The summed E-state index contributed by atoms with van der Waals surface area (Å²) in [6.07, 6.45) is -3.34. The van der Waals surface area contributed by atoms with Gasteiger partial charge >= 0.3 is 5.97 Å². The Morgan fingerprint density at radius 3 is 2.56 bits per heavy atom. The van der Waals surface area contributed by atoms with Crippen LogP contribution in [0.4, 0.5) is 8.78 Å². The van der Waals surface area contributed by atoms with E-state index in [1.165, 1.54) is 19.2 Å². The van der Waals surface area contributed by atoms with Crippen LogP contribution in [0.15, 0.2) is 24.3 Å². The number of hydrogen-bond donors (Lipinski definition) is 1. The van der Waals surface area contributed by atoms with Crippen LogP contribution < -0.4 is 4.74 Å². The molecule has 0 radical (unpaired) electrons. The zero-order chi connectivity index (χ0) is 12.1. The van der Waals surface area contributed by atoms with Gasteiger partial charge < -0.3 is 9.84 Å². The molecule has 5 heteroatoms. The number of para-hydroxylation sites is 1. The lowest BCUT2D eigenvalue weighted by Crippen LogP contribution is -2.15. The molecule has 0 fully saturated rings. The molecule has 1 aromatic carbocycles. The molecule has 0 saturated heterocycles. The molecule has 0 aliphatic rings. The van der Waals surface area contributed by atoms with Crippen LogP contribution in [0.1, 0.15) is 17.9 Å². The number of aliphatic carboxylic acids is 1. The van der Waals surface area contributed by atoms with Crippen molar-refractivity contribution in [1.82, 2.24) is 0 Å². The lowest BCUT2D eigenvalue weighted by Gasteiger charge is -2.17. The summed E-state index contributed by atoms with van der Waals surface area (Å²) in [4.78, 5) is 10.5. The minimum absolute atomic E-state index is 0.224. The minimum Gasteiger partial charge on any atom is -0.496 e. The number of ether oxygens (including phenoxy) is 1. The van der Waals surface area contributed by atoms with Gasteiger partial charge in [-0.15, -0.1) is 0 Å². The highest BCUT2D eigenvalue weighted by Gasteiger charge is 2.27. The van der Waals surface area contributed by atoms with Crippen LogP contribution in [0.5, 0.6) is 5.75 Å². The van der Waals surface area contributed by atoms with Crippen LogP contribution in [0.25, 0.3) is 0 Å². The zero-order valence-electron chi connectivity index (χ0n) is 8.69. The zero-order valence-corrected chi connectivity index (χ0v) is 8.69. The SMILES string of the molecule is COc1ccccc1C(CC(=O)O)C(F)F. The number of halogens is 2. The van der Waals surface area contributed by atoms with E-state index in [0.29, 0.717) is 0 Å². The van der Waals surface area contributed by atoms with Crippen LogP contribution in [-0.2, 0) is 4.79 Å².